The molecule has 1 fully saturated rings. The van der Waals surface area contributed by atoms with Crippen LogP contribution in [0.3, 0.4) is 0 Å². The van der Waals surface area contributed by atoms with Crippen LogP contribution in [0.2, 0.25) is 0 Å². The van der Waals surface area contributed by atoms with Gasteiger partial charge in [0.05, 0.1) is 13.2 Å². The predicted molar refractivity (Wildman–Crippen MR) is 59.7 cm³/mol. The van der Waals surface area contributed by atoms with Crippen molar-refractivity contribution in [1.29, 1.82) is 0 Å². The lowest BCUT2D eigenvalue weighted by Gasteiger charge is -2.27. The molecule has 3 heteroatoms. The second-order valence-electron chi connectivity index (χ2n) is 4.11. The van der Waals surface area contributed by atoms with Crippen LogP contribution >= 0.6 is 0 Å². The molecule has 0 aliphatic carbocycles. The summed E-state index contributed by atoms with van der Waals surface area (Å²) in [6.45, 7) is 10.0. The van der Waals surface area contributed by atoms with Crippen LogP contribution in [0.4, 0.5) is 0 Å². The molecule has 14 heavy (non-hydrogen) atoms. The molecule has 1 aliphatic rings. The number of ether oxygens (including phenoxy) is 1. The van der Waals surface area contributed by atoms with Gasteiger partial charge < -0.3 is 9.64 Å². The molecule has 0 bridgehead atoms. The Bertz CT molecular complexity index is 135. The van der Waals surface area contributed by atoms with Gasteiger partial charge in [-0.3, -0.25) is 4.90 Å². The van der Waals surface area contributed by atoms with Crippen LogP contribution in [0.1, 0.15) is 19.8 Å². The second kappa shape index (κ2) is 7.21. The average molecular weight is 200 g/mol. The molecule has 1 saturated heterocycles. The van der Waals surface area contributed by atoms with E-state index in [0.717, 1.165) is 26.3 Å². The van der Waals surface area contributed by atoms with Gasteiger partial charge in [-0.1, -0.05) is 6.92 Å². The van der Waals surface area contributed by atoms with Gasteiger partial charge in [0.1, 0.15) is 0 Å². The van der Waals surface area contributed by atoms with Crippen LogP contribution in [0.25, 0.3) is 0 Å². The van der Waals surface area contributed by atoms with E-state index in [-0.39, 0.29) is 0 Å². The lowest BCUT2D eigenvalue weighted by molar-refractivity contribution is 0.0364. The predicted octanol–water partition coefficient (Wildman–Crippen LogP) is 1.05. The van der Waals surface area contributed by atoms with Crippen molar-refractivity contribution in [2.24, 2.45) is 0 Å². The summed E-state index contributed by atoms with van der Waals surface area (Å²) in [6.07, 6.45) is 2.55. The normalized spacial score (nSPS) is 19.1. The van der Waals surface area contributed by atoms with Crippen LogP contribution in [0.5, 0.6) is 0 Å². The van der Waals surface area contributed by atoms with Crippen LogP contribution in [0.15, 0.2) is 0 Å². The Balaban J connectivity index is 1.96. The minimum Gasteiger partial charge on any atom is -0.379 e. The minimum absolute atomic E-state index is 0.921. The molecule has 0 radical (unpaired) electrons. The van der Waals surface area contributed by atoms with Crippen LogP contribution in [0, 0.1) is 0 Å². The summed E-state index contributed by atoms with van der Waals surface area (Å²) >= 11 is 0. The third-order valence-electron chi connectivity index (χ3n) is 2.72. The molecule has 0 aromatic rings. The minimum atomic E-state index is 0.921. The maximum absolute atomic E-state index is 5.31. The maximum atomic E-state index is 5.31. The van der Waals surface area contributed by atoms with Gasteiger partial charge in [0.25, 0.3) is 0 Å². The Morgan fingerprint density at radius 1 is 1.21 bits per heavy atom. The summed E-state index contributed by atoms with van der Waals surface area (Å²) in [7, 11) is 2.21. The van der Waals surface area contributed by atoms with Gasteiger partial charge in [-0.05, 0) is 39.5 Å². The molecule has 0 spiro atoms. The first-order valence-electron chi connectivity index (χ1n) is 5.81. The fraction of sp³-hybridized carbons (Fsp3) is 1.00. The van der Waals surface area contributed by atoms with E-state index in [1.165, 1.54) is 32.5 Å². The van der Waals surface area contributed by atoms with Crippen molar-refractivity contribution >= 4 is 0 Å². The van der Waals surface area contributed by atoms with E-state index in [4.69, 9.17) is 4.74 Å². The Labute approximate surface area is 88.0 Å². The molecular formula is C11H24N2O. The van der Waals surface area contributed by atoms with E-state index in [2.05, 4.69) is 23.8 Å². The number of hydrogen-bond acceptors (Lipinski definition) is 3. The van der Waals surface area contributed by atoms with E-state index >= 15 is 0 Å². The molecule has 1 rings (SSSR count). The van der Waals surface area contributed by atoms with Gasteiger partial charge in [-0.25, -0.2) is 0 Å². The van der Waals surface area contributed by atoms with Crippen molar-refractivity contribution in [2.45, 2.75) is 19.8 Å². The first-order chi connectivity index (χ1) is 6.83. The van der Waals surface area contributed by atoms with Gasteiger partial charge in [0.2, 0.25) is 0 Å². The zero-order valence-electron chi connectivity index (χ0n) is 9.67. The van der Waals surface area contributed by atoms with Crippen molar-refractivity contribution in [3.05, 3.63) is 0 Å². The molecule has 0 aromatic carbocycles. The number of hydrogen-bond donors (Lipinski definition) is 0. The van der Waals surface area contributed by atoms with Gasteiger partial charge in [-0.15, -0.1) is 0 Å². The summed E-state index contributed by atoms with van der Waals surface area (Å²) in [6, 6.07) is 0. The number of rotatable bonds is 6. The molecule has 0 aromatic heterocycles. The molecule has 3 nitrogen and oxygen atoms in total. The lowest BCUT2D eigenvalue weighted by Crippen LogP contribution is -2.37. The first kappa shape index (κ1) is 12.0. The number of nitrogens with zero attached hydrogens (tertiary/aromatic N) is 2. The molecule has 0 N–H and O–H groups in total. The summed E-state index contributed by atoms with van der Waals surface area (Å²) in [5, 5.41) is 0. The molecule has 0 saturated carbocycles. The highest BCUT2D eigenvalue weighted by Crippen LogP contribution is 1.99. The molecule has 1 aliphatic heterocycles. The van der Waals surface area contributed by atoms with Gasteiger partial charge in [0, 0.05) is 13.1 Å². The SMILES string of the molecule is CCCN(C)CCCN1CCOCC1. The van der Waals surface area contributed by atoms with E-state index in [0.29, 0.717) is 0 Å². The van der Waals surface area contributed by atoms with E-state index in [1.54, 1.807) is 0 Å². The van der Waals surface area contributed by atoms with Gasteiger partial charge in [0.15, 0.2) is 0 Å². The summed E-state index contributed by atoms with van der Waals surface area (Å²) in [4.78, 5) is 4.92. The summed E-state index contributed by atoms with van der Waals surface area (Å²) in [5.41, 5.74) is 0. The molecule has 0 atom stereocenters. The fourth-order valence-electron chi connectivity index (χ4n) is 1.88. The molecule has 0 unspecified atom stereocenters. The summed E-state index contributed by atoms with van der Waals surface area (Å²) < 4.78 is 5.31. The smallest absolute Gasteiger partial charge is 0.0594 e. The van der Waals surface area contributed by atoms with Crippen molar-refractivity contribution < 1.29 is 4.74 Å². The standard InChI is InChI=1S/C11H24N2O/c1-3-5-12(2)6-4-7-13-8-10-14-11-9-13/h3-11H2,1-2H3. The fourth-order valence-corrected chi connectivity index (χ4v) is 1.88. The van der Waals surface area contributed by atoms with E-state index < -0.39 is 0 Å². The first-order valence-corrected chi connectivity index (χ1v) is 5.81. The third-order valence-corrected chi connectivity index (χ3v) is 2.72. The Morgan fingerprint density at radius 2 is 1.93 bits per heavy atom. The highest BCUT2D eigenvalue weighted by atomic mass is 16.5. The van der Waals surface area contributed by atoms with Crippen LogP contribution < -0.4 is 0 Å². The zero-order valence-corrected chi connectivity index (χ0v) is 9.67. The Hall–Kier alpha value is -0.120. The largest absolute Gasteiger partial charge is 0.379 e. The second-order valence-corrected chi connectivity index (χ2v) is 4.11. The molecule has 84 valence electrons. The van der Waals surface area contributed by atoms with Gasteiger partial charge >= 0.3 is 0 Å². The van der Waals surface area contributed by atoms with Crippen molar-refractivity contribution in [1.82, 2.24) is 9.80 Å². The molecular weight excluding hydrogens is 176 g/mol. The highest BCUT2D eigenvalue weighted by Gasteiger charge is 2.09. The molecule has 1 heterocycles. The monoisotopic (exact) mass is 200 g/mol. The maximum Gasteiger partial charge on any atom is 0.0594 e. The van der Waals surface area contributed by atoms with E-state index in [9.17, 15) is 0 Å². The zero-order chi connectivity index (χ0) is 10.2. The van der Waals surface area contributed by atoms with Crippen molar-refractivity contribution in [2.75, 3.05) is 53.0 Å². The highest BCUT2D eigenvalue weighted by molar-refractivity contribution is 4.62. The van der Waals surface area contributed by atoms with Crippen molar-refractivity contribution in [3.63, 3.8) is 0 Å². The van der Waals surface area contributed by atoms with Crippen molar-refractivity contribution in [3.8, 4) is 0 Å². The Kier molecular flexibility index (Phi) is 6.15. The molecule has 0 amide bonds. The number of morpholine rings is 1. The van der Waals surface area contributed by atoms with E-state index in [1.807, 2.05) is 0 Å². The topological polar surface area (TPSA) is 15.7 Å². The summed E-state index contributed by atoms with van der Waals surface area (Å²) in [5.74, 6) is 0. The average Bonchev–Trinajstić information content (AvgIpc) is 2.20. The van der Waals surface area contributed by atoms with Crippen LogP contribution in [-0.4, -0.2) is 62.8 Å². The van der Waals surface area contributed by atoms with Crippen LogP contribution in [-0.2, 0) is 4.74 Å². The van der Waals surface area contributed by atoms with Gasteiger partial charge in [-0.2, -0.15) is 0 Å². The quantitative estimate of drug-likeness (QED) is 0.637. The Morgan fingerprint density at radius 3 is 2.57 bits per heavy atom. The lowest BCUT2D eigenvalue weighted by atomic mass is 10.3. The third kappa shape index (κ3) is 4.94.